The number of likely N-dealkylation sites (tertiary alicyclic amines) is 1. The molecule has 2 aromatic carbocycles. The van der Waals surface area contributed by atoms with Gasteiger partial charge < -0.3 is 15.5 Å². The lowest BCUT2D eigenvalue weighted by atomic mass is 9.89. The van der Waals surface area contributed by atoms with Gasteiger partial charge in [-0.25, -0.2) is 4.79 Å². The molecule has 2 heterocycles. The summed E-state index contributed by atoms with van der Waals surface area (Å²) < 4.78 is 0. The van der Waals surface area contributed by atoms with E-state index in [1.807, 2.05) is 37.3 Å². The summed E-state index contributed by atoms with van der Waals surface area (Å²) in [5.41, 5.74) is 4.03. The molecule has 0 unspecified atom stereocenters. The average Bonchev–Trinajstić information content (AvgIpc) is 2.75. The summed E-state index contributed by atoms with van der Waals surface area (Å²) in [4.78, 5) is 19.3. The molecule has 2 N–H and O–H groups in total. The van der Waals surface area contributed by atoms with Crippen LogP contribution in [0.3, 0.4) is 0 Å². The third-order valence-electron chi connectivity index (χ3n) is 5.66. The largest absolute Gasteiger partial charge is 0.337 e. The Labute approximate surface area is 172 Å². The van der Waals surface area contributed by atoms with E-state index in [-0.39, 0.29) is 6.03 Å². The molecule has 4 rings (SSSR count). The normalized spacial score (nSPS) is 15.3. The van der Waals surface area contributed by atoms with Crippen molar-refractivity contribution in [1.29, 1.82) is 0 Å². The highest BCUT2D eigenvalue weighted by Crippen LogP contribution is 2.27. The van der Waals surface area contributed by atoms with Gasteiger partial charge in [0.25, 0.3) is 0 Å². The van der Waals surface area contributed by atoms with E-state index in [1.165, 1.54) is 18.4 Å². The van der Waals surface area contributed by atoms with Crippen LogP contribution in [0.2, 0.25) is 0 Å². The van der Waals surface area contributed by atoms with Gasteiger partial charge in [-0.1, -0.05) is 48.5 Å². The topological polar surface area (TPSA) is 57.3 Å². The minimum Gasteiger partial charge on any atom is -0.337 e. The van der Waals surface area contributed by atoms with Gasteiger partial charge >= 0.3 is 6.03 Å². The minimum atomic E-state index is -0.167. The van der Waals surface area contributed by atoms with Crippen molar-refractivity contribution in [2.45, 2.75) is 25.7 Å². The summed E-state index contributed by atoms with van der Waals surface area (Å²) in [6.07, 6.45) is 2.36. The third kappa shape index (κ3) is 4.93. The molecule has 5 nitrogen and oxygen atoms in total. The van der Waals surface area contributed by atoms with Crippen LogP contribution < -0.4 is 10.6 Å². The maximum Gasteiger partial charge on any atom is 0.319 e. The van der Waals surface area contributed by atoms with E-state index < -0.39 is 0 Å². The summed E-state index contributed by atoms with van der Waals surface area (Å²) in [7, 11) is 0. The van der Waals surface area contributed by atoms with Gasteiger partial charge in [0.2, 0.25) is 0 Å². The Balaban J connectivity index is 1.24. The molecule has 0 atom stereocenters. The van der Waals surface area contributed by atoms with Crippen molar-refractivity contribution in [3.63, 3.8) is 0 Å². The summed E-state index contributed by atoms with van der Waals surface area (Å²) in [5, 5.41) is 6.93. The van der Waals surface area contributed by atoms with E-state index in [1.54, 1.807) is 0 Å². The van der Waals surface area contributed by atoms with Crippen LogP contribution in [0.5, 0.6) is 0 Å². The van der Waals surface area contributed by atoms with E-state index in [2.05, 4.69) is 50.8 Å². The first-order valence-corrected chi connectivity index (χ1v) is 10.4. The van der Waals surface area contributed by atoms with Crippen molar-refractivity contribution in [2.75, 3.05) is 31.5 Å². The van der Waals surface area contributed by atoms with Crippen molar-refractivity contribution >= 4 is 22.6 Å². The predicted octanol–water partition coefficient (Wildman–Crippen LogP) is 4.54. The second kappa shape index (κ2) is 9.05. The molecule has 0 saturated carbocycles. The minimum absolute atomic E-state index is 0.167. The number of hydrogen-bond donors (Lipinski definition) is 2. The van der Waals surface area contributed by atoms with Gasteiger partial charge in [-0.05, 0) is 56.5 Å². The zero-order valence-corrected chi connectivity index (χ0v) is 16.9. The van der Waals surface area contributed by atoms with E-state index in [0.29, 0.717) is 12.5 Å². The number of rotatable bonds is 5. The molecule has 0 aliphatic carbocycles. The first-order valence-electron chi connectivity index (χ1n) is 10.4. The van der Waals surface area contributed by atoms with Gasteiger partial charge in [0, 0.05) is 24.2 Å². The Hall–Kier alpha value is -2.92. The number of carbonyl (C=O) groups is 1. The molecule has 0 radical (unpaired) electrons. The Morgan fingerprint density at radius 3 is 2.59 bits per heavy atom. The zero-order chi connectivity index (χ0) is 20.1. The van der Waals surface area contributed by atoms with Crippen molar-refractivity contribution in [3.05, 3.63) is 71.9 Å². The third-order valence-corrected chi connectivity index (χ3v) is 5.66. The summed E-state index contributed by atoms with van der Waals surface area (Å²) in [6, 6.07) is 20.4. The number of para-hydroxylation sites is 1. The molecule has 0 bridgehead atoms. The average molecular weight is 389 g/mol. The Kier molecular flexibility index (Phi) is 6.06. The molecule has 1 fully saturated rings. The number of urea groups is 1. The fourth-order valence-electron chi connectivity index (χ4n) is 4.12. The summed E-state index contributed by atoms with van der Waals surface area (Å²) in [5.74, 6) is 0.659. The number of nitrogens with zero attached hydrogens (tertiary/aromatic N) is 2. The number of carbonyl (C=O) groups excluding carboxylic acids is 1. The predicted molar refractivity (Wildman–Crippen MR) is 118 cm³/mol. The van der Waals surface area contributed by atoms with Gasteiger partial charge in [0.15, 0.2) is 0 Å². The highest BCUT2D eigenvalue weighted by molar-refractivity contribution is 6.00. The first-order chi connectivity index (χ1) is 14.2. The smallest absolute Gasteiger partial charge is 0.319 e. The number of benzene rings is 2. The SMILES string of the molecule is Cc1cc(NC(=O)NCCN2CCC(c3ccccc3)CC2)c2ccccc2n1. The van der Waals surface area contributed by atoms with Crippen LogP contribution in [0, 0.1) is 6.92 Å². The first kappa shape index (κ1) is 19.4. The van der Waals surface area contributed by atoms with Crippen LogP contribution in [-0.4, -0.2) is 42.1 Å². The molecule has 29 heavy (non-hydrogen) atoms. The molecule has 0 spiro atoms. The molecule has 5 heteroatoms. The molecule has 1 saturated heterocycles. The number of piperidine rings is 1. The van der Waals surface area contributed by atoms with Crippen LogP contribution in [0.15, 0.2) is 60.7 Å². The highest BCUT2D eigenvalue weighted by atomic mass is 16.2. The molecule has 1 aliphatic heterocycles. The number of aromatic nitrogens is 1. The number of hydrogen-bond acceptors (Lipinski definition) is 3. The van der Waals surface area contributed by atoms with Crippen LogP contribution in [0.4, 0.5) is 10.5 Å². The van der Waals surface area contributed by atoms with E-state index in [0.717, 1.165) is 41.9 Å². The quantitative estimate of drug-likeness (QED) is 0.674. The monoisotopic (exact) mass is 388 g/mol. The van der Waals surface area contributed by atoms with Crippen LogP contribution in [0.1, 0.15) is 30.0 Å². The number of fused-ring (bicyclic) bond motifs is 1. The maximum absolute atomic E-state index is 12.4. The standard InChI is InChI=1S/C24H28N4O/c1-18-17-23(21-9-5-6-10-22(21)26-18)27-24(29)25-13-16-28-14-11-20(12-15-28)19-7-3-2-4-8-19/h2-10,17,20H,11-16H2,1H3,(H2,25,26,27,29). The van der Waals surface area contributed by atoms with Gasteiger partial charge in [-0.2, -0.15) is 0 Å². The Morgan fingerprint density at radius 2 is 1.79 bits per heavy atom. The molecule has 1 aliphatic rings. The van der Waals surface area contributed by atoms with E-state index in [4.69, 9.17) is 0 Å². The summed E-state index contributed by atoms with van der Waals surface area (Å²) >= 11 is 0. The number of amides is 2. The molecule has 3 aromatic rings. The van der Waals surface area contributed by atoms with E-state index >= 15 is 0 Å². The number of aryl methyl sites for hydroxylation is 1. The fraction of sp³-hybridized carbons (Fsp3) is 0.333. The fourth-order valence-corrected chi connectivity index (χ4v) is 4.12. The van der Waals surface area contributed by atoms with Crippen LogP contribution >= 0.6 is 0 Å². The number of nitrogens with one attached hydrogen (secondary N) is 2. The molecule has 1 aromatic heterocycles. The Bertz CT molecular complexity index is 965. The van der Waals surface area contributed by atoms with Crippen LogP contribution in [-0.2, 0) is 0 Å². The van der Waals surface area contributed by atoms with Gasteiger partial charge in [0.05, 0.1) is 11.2 Å². The second-order valence-electron chi connectivity index (χ2n) is 7.74. The number of anilines is 1. The van der Waals surface area contributed by atoms with Gasteiger partial charge in [-0.15, -0.1) is 0 Å². The lowest BCUT2D eigenvalue weighted by molar-refractivity contribution is 0.211. The van der Waals surface area contributed by atoms with Crippen molar-refractivity contribution in [3.8, 4) is 0 Å². The second-order valence-corrected chi connectivity index (χ2v) is 7.74. The summed E-state index contributed by atoms with van der Waals surface area (Å²) in [6.45, 7) is 5.62. The molecule has 2 amide bonds. The lowest BCUT2D eigenvalue weighted by Crippen LogP contribution is -2.40. The van der Waals surface area contributed by atoms with Gasteiger partial charge in [0.1, 0.15) is 0 Å². The lowest BCUT2D eigenvalue weighted by Gasteiger charge is -2.32. The van der Waals surface area contributed by atoms with Crippen molar-refractivity contribution < 1.29 is 4.79 Å². The number of pyridine rings is 1. The zero-order valence-electron chi connectivity index (χ0n) is 16.9. The molecular weight excluding hydrogens is 360 g/mol. The van der Waals surface area contributed by atoms with Crippen molar-refractivity contribution in [1.82, 2.24) is 15.2 Å². The highest BCUT2D eigenvalue weighted by Gasteiger charge is 2.20. The maximum atomic E-state index is 12.4. The molecular formula is C24H28N4O. The van der Waals surface area contributed by atoms with Crippen molar-refractivity contribution in [2.24, 2.45) is 0 Å². The van der Waals surface area contributed by atoms with Crippen LogP contribution in [0.25, 0.3) is 10.9 Å². The molecule has 150 valence electrons. The Morgan fingerprint density at radius 1 is 1.07 bits per heavy atom. The van der Waals surface area contributed by atoms with E-state index in [9.17, 15) is 4.79 Å². The van der Waals surface area contributed by atoms with Gasteiger partial charge in [-0.3, -0.25) is 4.98 Å².